The highest BCUT2D eigenvalue weighted by Gasteiger charge is 2.18. The predicted octanol–water partition coefficient (Wildman–Crippen LogP) is 3.58. The molecule has 1 saturated heterocycles. The summed E-state index contributed by atoms with van der Waals surface area (Å²) in [5.74, 6) is 0.673. The molecule has 0 bridgehead atoms. The van der Waals surface area contributed by atoms with E-state index in [1.807, 2.05) is 25.2 Å². The van der Waals surface area contributed by atoms with E-state index in [9.17, 15) is 0 Å². The van der Waals surface area contributed by atoms with E-state index in [0.29, 0.717) is 5.92 Å². The molecule has 2 aromatic rings. The summed E-state index contributed by atoms with van der Waals surface area (Å²) < 4.78 is 0. The SMILES string of the molecule is C=CN.CC.Cc1ncnc2sc(C3CCCNC3)cc12. The van der Waals surface area contributed by atoms with Gasteiger partial charge in [0.25, 0.3) is 0 Å². The molecule has 116 valence electrons. The van der Waals surface area contributed by atoms with Crippen LogP contribution in [-0.4, -0.2) is 23.1 Å². The fourth-order valence-corrected chi connectivity index (χ4v) is 3.47. The largest absolute Gasteiger partial charge is 0.405 e. The van der Waals surface area contributed by atoms with Crippen molar-refractivity contribution in [3.05, 3.63) is 35.7 Å². The highest BCUT2D eigenvalue weighted by Crippen LogP contribution is 2.33. The molecule has 21 heavy (non-hydrogen) atoms. The fourth-order valence-electron chi connectivity index (χ4n) is 2.29. The molecule has 4 nitrogen and oxygen atoms in total. The molecule has 0 radical (unpaired) electrons. The fraction of sp³-hybridized carbons (Fsp3) is 0.500. The van der Waals surface area contributed by atoms with E-state index in [2.05, 4.69) is 40.6 Å². The molecule has 1 aliphatic heterocycles. The van der Waals surface area contributed by atoms with Gasteiger partial charge in [-0.15, -0.1) is 11.3 Å². The van der Waals surface area contributed by atoms with Crippen molar-refractivity contribution in [3.8, 4) is 0 Å². The second kappa shape index (κ2) is 9.47. The van der Waals surface area contributed by atoms with Crippen LogP contribution in [0.15, 0.2) is 25.2 Å². The minimum Gasteiger partial charge on any atom is -0.405 e. The van der Waals surface area contributed by atoms with Crippen molar-refractivity contribution in [2.24, 2.45) is 5.73 Å². The zero-order chi connectivity index (χ0) is 15.7. The van der Waals surface area contributed by atoms with Gasteiger partial charge >= 0.3 is 0 Å². The summed E-state index contributed by atoms with van der Waals surface area (Å²) in [6.45, 7) is 11.5. The molecule has 3 rings (SSSR count). The lowest BCUT2D eigenvalue weighted by molar-refractivity contribution is 0.466. The van der Waals surface area contributed by atoms with Crippen LogP contribution in [0, 0.1) is 6.92 Å². The van der Waals surface area contributed by atoms with Crippen molar-refractivity contribution in [1.29, 1.82) is 0 Å². The van der Waals surface area contributed by atoms with E-state index in [0.717, 1.165) is 17.1 Å². The third-order valence-electron chi connectivity index (χ3n) is 3.25. The lowest BCUT2D eigenvalue weighted by Crippen LogP contribution is -2.27. The van der Waals surface area contributed by atoms with Gasteiger partial charge in [0.1, 0.15) is 11.2 Å². The molecule has 0 spiro atoms. The third-order valence-corrected chi connectivity index (χ3v) is 4.45. The zero-order valence-corrected chi connectivity index (χ0v) is 14.0. The number of thiophene rings is 1. The molecule has 0 aliphatic carbocycles. The maximum Gasteiger partial charge on any atom is 0.127 e. The van der Waals surface area contributed by atoms with E-state index in [1.54, 1.807) is 6.33 Å². The smallest absolute Gasteiger partial charge is 0.127 e. The third kappa shape index (κ3) is 4.79. The Kier molecular flexibility index (Phi) is 7.93. The molecule has 5 heteroatoms. The average molecular weight is 306 g/mol. The van der Waals surface area contributed by atoms with E-state index in [4.69, 9.17) is 0 Å². The van der Waals surface area contributed by atoms with Gasteiger partial charge in [-0.25, -0.2) is 9.97 Å². The lowest BCUT2D eigenvalue weighted by atomic mass is 9.98. The quantitative estimate of drug-likeness (QED) is 0.845. The highest BCUT2D eigenvalue weighted by atomic mass is 32.1. The first-order valence-electron chi connectivity index (χ1n) is 7.50. The maximum absolute atomic E-state index is 4.61. The molecule has 1 fully saturated rings. The molecule has 1 aliphatic rings. The minimum atomic E-state index is 0.673. The van der Waals surface area contributed by atoms with Crippen molar-refractivity contribution in [2.45, 2.75) is 39.5 Å². The standard InChI is InChI=1S/C12H15N3S.C2H5N.C2H6/c1-8-10-5-11(9-3-2-4-13-6-9)16-12(10)15-7-14-8;1-2-3;1-2/h5,7,9,13H,2-4,6H2,1H3;2H,1,3H2;1-2H3. The normalized spacial score (nSPS) is 17.2. The van der Waals surface area contributed by atoms with Crippen molar-refractivity contribution >= 4 is 21.6 Å². The Labute approximate surface area is 131 Å². The number of nitrogens with one attached hydrogen (secondary N) is 1. The molecule has 2 aromatic heterocycles. The topological polar surface area (TPSA) is 63.8 Å². The number of nitrogens with two attached hydrogens (primary N) is 1. The molecule has 3 heterocycles. The van der Waals surface area contributed by atoms with Crippen LogP contribution >= 0.6 is 11.3 Å². The Morgan fingerprint density at radius 1 is 1.43 bits per heavy atom. The number of piperidine rings is 1. The molecule has 1 atom stereocenters. The monoisotopic (exact) mass is 306 g/mol. The van der Waals surface area contributed by atoms with Crippen molar-refractivity contribution in [2.75, 3.05) is 13.1 Å². The van der Waals surface area contributed by atoms with Crippen LogP contribution in [0.4, 0.5) is 0 Å². The average Bonchev–Trinajstić information content (AvgIpc) is 2.97. The van der Waals surface area contributed by atoms with E-state index >= 15 is 0 Å². The van der Waals surface area contributed by atoms with Gasteiger partial charge in [0.2, 0.25) is 0 Å². The first-order chi connectivity index (χ1) is 10.3. The Bertz CT molecular complexity index is 544. The van der Waals surface area contributed by atoms with Crippen LogP contribution in [0.2, 0.25) is 0 Å². The van der Waals surface area contributed by atoms with Gasteiger partial charge in [0.05, 0.1) is 0 Å². The molecule has 0 amide bonds. The van der Waals surface area contributed by atoms with Gasteiger partial charge in [-0.2, -0.15) is 0 Å². The van der Waals surface area contributed by atoms with Gasteiger partial charge in [0.15, 0.2) is 0 Å². The second-order valence-electron chi connectivity index (χ2n) is 4.61. The van der Waals surface area contributed by atoms with Crippen LogP contribution in [0.25, 0.3) is 10.2 Å². The van der Waals surface area contributed by atoms with E-state index in [-0.39, 0.29) is 0 Å². The first-order valence-corrected chi connectivity index (χ1v) is 8.32. The van der Waals surface area contributed by atoms with Gasteiger partial charge in [-0.1, -0.05) is 20.4 Å². The van der Waals surface area contributed by atoms with E-state index < -0.39 is 0 Å². The highest BCUT2D eigenvalue weighted by molar-refractivity contribution is 7.18. The minimum absolute atomic E-state index is 0.673. The Balaban J connectivity index is 0.000000395. The molecular formula is C16H26N4S. The molecule has 1 unspecified atom stereocenters. The van der Waals surface area contributed by atoms with Gasteiger partial charge < -0.3 is 11.1 Å². The lowest BCUT2D eigenvalue weighted by Gasteiger charge is -2.21. The van der Waals surface area contributed by atoms with Crippen molar-refractivity contribution in [1.82, 2.24) is 15.3 Å². The van der Waals surface area contributed by atoms with Crippen LogP contribution in [0.5, 0.6) is 0 Å². The maximum atomic E-state index is 4.61. The molecule has 0 aromatic carbocycles. The molecule has 3 N–H and O–H groups in total. The number of aromatic nitrogens is 2. The van der Waals surface area contributed by atoms with Crippen molar-refractivity contribution in [3.63, 3.8) is 0 Å². The molecule has 0 saturated carbocycles. The van der Waals surface area contributed by atoms with Crippen LogP contribution in [0.1, 0.15) is 43.2 Å². The summed E-state index contributed by atoms with van der Waals surface area (Å²) in [4.78, 5) is 11.2. The number of aryl methyl sites for hydroxylation is 1. The number of hydrogen-bond donors (Lipinski definition) is 2. The Hall–Kier alpha value is -1.46. The summed E-state index contributed by atoms with van der Waals surface area (Å²) >= 11 is 1.83. The first kappa shape index (κ1) is 17.6. The number of rotatable bonds is 1. The van der Waals surface area contributed by atoms with Gasteiger partial charge in [-0.05, 0) is 38.6 Å². The number of hydrogen-bond acceptors (Lipinski definition) is 5. The summed E-state index contributed by atoms with van der Waals surface area (Å²) in [6.07, 6.45) is 5.49. The van der Waals surface area contributed by atoms with Gasteiger partial charge in [0, 0.05) is 28.4 Å². The Morgan fingerprint density at radius 2 is 2.14 bits per heavy atom. The summed E-state index contributed by atoms with van der Waals surface area (Å²) in [5, 5.41) is 4.69. The van der Waals surface area contributed by atoms with Crippen LogP contribution in [-0.2, 0) is 0 Å². The summed E-state index contributed by atoms with van der Waals surface area (Å²) in [5.41, 5.74) is 5.70. The van der Waals surface area contributed by atoms with Crippen LogP contribution in [0.3, 0.4) is 0 Å². The zero-order valence-electron chi connectivity index (χ0n) is 13.2. The summed E-state index contributed by atoms with van der Waals surface area (Å²) in [6, 6.07) is 2.28. The van der Waals surface area contributed by atoms with Gasteiger partial charge in [-0.3, -0.25) is 0 Å². The Morgan fingerprint density at radius 3 is 2.71 bits per heavy atom. The predicted molar refractivity (Wildman–Crippen MR) is 92.7 cm³/mol. The second-order valence-corrected chi connectivity index (χ2v) is 5.67. The molecular weight excluding hydrogens is 280 g/mol. The number of fused-ring (bicyclic) bond motifs is 1. The number of nitrogens with zero attached hydrogens (tertiary/aromatic N) is 2. The van der Waals surface area contributed by atoms with Crippen molar-refractivity contribution < 1.29 is 0 Å². The van der Waals surface area contributed by atoms with Crippen LogP contribution < -0.4 is 11.1 Å². The summed E-state index contributed by atoms with van der Waals surface area (Å²) in [7, 11) is 0. The van der Waals surface area contributed by atoms with E-state index in [1.165, 1.54) is 35.8 Å².